The van der Waals surface area contributed by atoms with Gasteiger partial charge in [-0.2, -0.15) is 0 Å². The molecule has 1 saturated heterocycles. The Kier molecular flexibility index (Phi) is 3.99. The van der Waals surface area contributed by atoms with Crippen LogP contribution in [0.25, 0.3) is 0 Å². The number of ether oxygens (including phenoxy) is 1. The van der Waals surface area contributed by atoms with Crippen LogP contribution in [0.2, 0.25) is 0 Å². The Bertz CT molecular complexity index is 751. The molecule has 0 aliphatic carbocycles. The largest absolute Gasteiger partial charge is 0.378 e. The topological polar surface area (TPSA) is 15.7 Å². The first kappa shape index (κ1) is 16.5. The first-order valence-corrected chi connectivity index (χ1v) is 9.26. The fourth-order valence-electron chi connectivity index (χ4n) is 4.33. The van der Waals surface area contributed by atoms with E-state index in [4.69, 9.17) is 4.74 Å². The fraction of sp³-hybridized carbons (Fsp3) is 0.455. The summed E-state index contributed by atoms with van der Waals surface area (Å²) in [7, 11) is 4.16. The molecule has 4 rings (SSSR count). The highest BCUT2D eigenvalue weighted by Gasteiger charge is 2.51. The van der Waals surface area contributed by atoms with Gasteiger partial charge in [-0.05, 0) is 56.0 Å². The second-order valence-corrected chi connectivity index (χ2v) is 8.04. The Morgan fingerprint density at radius 3 is 2.52 bits per heavy atom. The first-order chi connectivity index (χ1) is 12.0. The van der Waals surface area contributed by atoms with Crippen molar-refractivity contribution in [3.05, 3.63) is 59.7 Å². The Morgan fingerprint density at radius 1 is 1.08 bits per heavy atom. The van der Waals surface area contributed by atoms with Crippen LogP contribution in [0.1, 0.15) is 31.4 Å². The number of para-hydroxylation sites is 1. The summed E-state index contributed by atoms with van der Waals surface area (Å²) in [5.74, 6) is 0. The van der Waals surface area contributed by atoms with Crippen molar-refractivity contribution in [2.45, 2.75) is 51.0 Å². The number of rotatable bonds is 4. The number of fused-ring (bicyclic) bond motifs is 3. The zero-order valence-corrected chi connectivity index (χ0v) is 15.7. The van der Waals surface area contributed by atoms with Crippen LogP contribution in [0.4, 0.5) is 11.4 Å². The van der Waals surface area contributed by atoms with Gasteiger partial charge in [0.05, 0.1) is 11.6 Å². The first-order valence-electron chi connectivity index (χ1n) is 9.26. The maximum atomic E-state index is 6.48. The van der Waals surface area contributed by atoms with E-state index in [2.05, 4.69) is 86.3 Å². The normalized spacial score (nSPS) is 23.4. The quantitative estimate of drug-likeness (QED) is 0.830. The molecule has 2 aliphatic heterocycles. The lowest BCUT2D eigenvalue weighted by molar-refractivity contribution is 0.0306. The van der Waals surface area contributed by atoms with Gasteiger partial charge < -0.3 is 14.5 Å². The molecule has 0 radical (unpaired) electrons. The summed E-state index contributed by atoms with van der Waals surface area (Å²) in [5, 5.41) is 0. The molecule has 0 saturated carbocycles. The summed E-state index contributed by atoms with van der Waals surface area (Å²) in [5.41, 5.74) is 5.44. The van der Waals surface area contributed by atoms with E-state index in [1.165, 1.54) is 22.5 Å². The van der Waals surface area contributed by atoms with Gasteiger partial charge in [0.15, 0.2) is 0 Å². The van der Waals surface area contributed by atoms with E-state index in [0.29, 0.717) is 0 Å². The van der Waals surface area contributed by atoms with Crippen LogP contribution in [0.3, 0.4) is 0 Å². The lowest BCUT2D eigenvalue weighted by Gasteiger charge is -2.35. The van der Waals surface area contributed by atoms with Gasteiger partial charge in [-0.15, -0.1) is 0 Å². The van der Waals surface area contributed by atoms with Crippen LogP contribution >= 0.6 is 0 Å². The summed E-state index contributed by atoms with van der Waals surface area (Å²) < 4.78 is 6.48. The van der Waals surface area contributed by atoms with E-state index in [0.717, 1.165) is 19.3 Å². The van der Waals surface area contributed by atoms with E-state index in [-0.39, 0.29) is 17.9 Å². The lowest BCUT2D eigenvalue weighted by atomic mass is 9.91. The smallest absolute Gasteiger partial charge is 0.135 e. The Hall–Kier alpha value is -2.00. The van der Waals surface area contributed by atoms with E-state index >= 15 is 0 Å². The van der Waals surface area contributed by atoms with Crippen LogP contribution in [0.5, 0.6) is 0 Å². The van der Waals surface area contributed by atoms with E-state index in [9.17, 15) is 0 Å². The molecule has 0 N–H and O–H groups in total. The summed E-state index contributed by atoms with van der Waals surface area (Å²) >= 11 is 0. The minimum Gasteiger partial charge on any atom is -0.378 e. The molecule has 25 heavy (non-hydrogen) atoms. The van der Waals surface area contributed by atoms with Gasteiger partial charge in [0.25, 0.3) is 0 Å². The standard InChI is InChI=1S/C22H28N2O/c1-22(2)20(14-11-16-9-12-18(13-10-16)23(3)4)25-21-15-17-7-5-6-8-19(17)24(21)22/h5-10,12-13,20-21H,11,14-15H2,1-4H3. The molecule has 2 aliphatic rings. The maximum absolute atomic E-state index is 6.48. The molecule has 2 unspecified atom stereocenters. The molecule has 3 nitrogen and oxygen atoms in total. The van der Waals surface area contributed by atoms with E-state index < -0.39 is 0 Å². The minimum atomic E-state index is 0.0286. The van der Waals surface area contributed by atoms with Crippen LogP contribution in [0, 0.1) is 0 Å². The second kappa shape index (κ2) is 6.06. The molecular weight excluding hydrogens is 308 g/mol. The third-order valence-corrected chi connectivity index (χ3v) is 5.81. The Morgan fingerprint density at radius 2 is 1.80 bits per heavy atom. The van der Waals surface area contributed by atoms with Gasteiger partial charge in [0.2, 0.25) is 0 Å². The van der Waals surface area contributed by atoms with Gasteiger partial charge in [-0.25, -0.2) is 0 Å². The molecule has 2 aromatic rings. The zero-order valence-electron chi connectivity index (χ0n) is 15.7. The van der Waals surface area contributed by atoms with Crippen molar-refractivity contribution in [2.24, 2.45) is 0 Å². The molecule has 0 aromatic heterocycles. The van der Waals surface area contributed by atoms with Crippen molar-refractivity contribution in [1.29, 1.82) is 0 Å². The molecular formula is C22H28N2O. The number of benzene rings is 2. The Balaban J connectivity index is 1.46. The predicted molar refractivity (Wildman–Crippen MR) is 104 cm³/mol. The number of nitrogens with zero attached hydrogens (tertiary/aromatic N) is 2. The molecule has 0 spiro atoms. The highest BCUT2D eigenvalue weighted by atomic mass is 16.5. The number of hydrogen-bond acceptors (Lipinski definition) is 3. The molecule has 132 valence electrons. The van der Waals surface area contributed by atoms with Crippen molar-refractivity contribution < 1.29 is 4.74 Å². The van der Waals surface area contributed by atoms with E-state index in [1.807, 2.05) is 0 Å². The maximum Gasteiger partial charge on any atom is 0.135 e. The predicted octanol–water partition coefficient (Wildman–Crippen LogP) is 4.25. The summed E-state index contributed by atoms with van der Waals surface area (Å²) in [6.45, 7) is 4.66. The van der Waals surface area contributed by atoms with E-state index in [1.54, 1.807) is 0 Å². The number of hydrogen-bond donors (Lipinski definition) is 0. The minimum absolute atomic E-state index is 0.0286. The molecule has 2 aromatic carbocycles. The highest BCUT2D eigenvalue weighted by Crippen LogP contribution is 2.46. The van der Waals surface area contributed by atoms with Crippen molar-refractivity contribution in [2.75, 3.05) is 23.9 Å². The van der Waals surface area contributed by atoms with Crippen molar-refractivity contribution in [1.82, 2.24) is 0 Å². The molecule has 2 atom stereocenters. The van der Waals surface area contributed by atoms with Gasteiger partial charge in [-0.3, -0.25) is 0 Å². The van der Waals surface area contributed by atoms with Gasteiger partial charge >= 0.3 is 0 Å². The number of aryl methyl sites for hydroxylation is 1. The third kappa shape index (κ3) is 2.81. The van der Waals surface area contributed by atoms with Gasteiger partial charge in [-0.1, -0.05) is 30.3 Å². The molecule has 1 fully saturated rings. The summed E-state index contributed by atoms with van der Waals surface area (Å²) in [6.07, 6.45) is 3.59. The summed E-state index contributed by atoms with van der Waals surface area (Å²) in [6, 6.07) is 17.6. The SMILES string of the molecule is CN(C)c1ccc(CCC2OC3Cc4ccccc4N3C2(C)C)cc1. The van der Waals surface area contributed by atoms with Crippen LogP contribution < -0.4 is 9.80 Å². The highest BCUT2D eigenvalue weighted by molar-refractivity contribution is 5.62. The number of anilines is 2. The second-order valence-electron chi connectivity index (χ2n) is 8.04. The summed E-state index contributed by atoms with van der Waals surface area (Å²) in [4.78, 5) is 4.64. The lowest BCUT2D eigenvalue weighted by Crippen LogP contribution is -2.46. The van der Waals surface area contributed by atoms with Crippen LogP contribution in [0.15, 0.2) is 48.5 Å². The van der Waals surface area contributed by atoms with Crippen LogP contribution in [-0.4, -0.2) is 32.0 Å². The average Bonchev–Trinajstić information content (AvgIpc) is 3.08. The molecule has 2 heterocycles. The third-order valence-electron chi connectivity index (χ3n) is 5.81. The van der Waals surface area contributed by atoms with Crippen molar-refractivity contribution in [3.8, 4) is 0 Å². The monoisotopic (exact) mass is 336 g/mol. The zero-order chi connectivity index (χ0) is 17.6. The average molecular weight is 336 g/mol. The van der Waals surface area contributed by atoms with Gasteiger partial charge in [0.1, 0.15) is 6.23 Å². The molecule has 0 bridgehead atoms. The molecule has 0 amide bonds. The van der Waals surface area contributed by atoms with Crippen molar-refractivity contribution in [3.63, 3.8) is 0 Å². The Labute approximate surface area is 151 Å². The van der Waals surface area contributed by atoms with Gasteiger partial charge in [0, 0.05) is 31.9 Å². The van der Waals surface area contributed by atoms with Crippen LogP contribution in [-0.2, 0) is 17.6 Å². The molecule has 3 heteroatoms. The fourth-order valence-corrected chi connectivity index (χ4v) is 4.33. The van der Waals surface area contributed by atoms with Crippen molar-refractivity contribution >= 4 is 11.4 Å².